The Morgan fingerprint density at radius 3 is 2.70 bits per heavy atom. The van der Waals surface area contributed by atoms with Gasteiger partial charge in [0.1, 0.15) is 11.4 Å². The van der Waals surface area contributed by atoms with Crippen molar-refractivity contribution in [3.63, 3.8) is 0 Å². The third kappa shape index (κ3) is 7.23. The van der Waals surface area contributed by atoms with Gasteiger partial charge in [0.2, 0.25) is 10.0 Å². The van der Waals surface area contributed by atoms with E-state index in [9.17, 15) is 13.2 Å². The molecule has 9 nitrogen and oxygen atoms in total. The normalized spacial score (nSPS) is 35.0. The fourth-order valence-electron chi connectivity index (χ4n) is 11.1. The Bertz CT molecular complexity index is 1860. The van der Waals surface area contributed by atoms with Crippen LogP contribution in [0.25, 0.3) is 0 Å². The highest BCUT2D eigenvalue weighted by molar-refractivity contribution is 7.90. The smallest absolute Gasteiger partial charge is 0.264 e. The van der Waals surface area contributed by atoms with Crippen LogP contribution in [0.5, 0.6) is 5.75 Å². The number of benzene rings is 2. The van der Waals surface area contributed by atoms with Gasteiger partial charge in [0.15, 0.2) is 0 Å². The van der Waals surface area contributed by atoms with Crippen molar-refractivity contribution in [2.24, 2.45) is 17.8 Å². The number of sulfonamides is 1. The predicted octanol–water partition coefficient (Wildman–Crippen LogP) is 6.83. The highest BCUT2D eigenvalue weighted by Crippen LogP contribution is 2.49. The number of carbonyl (C=O) groups excluding carboxylic acids is 1. The Kier molecular flexibility index (Phi) is 10.9. The molecule has 11 heteroatoms. The summed E-state index contributed by atoms with van der Waals surface area (Å²) in [5.74, 6) is 0.577. The van der Waals surface area contributed by atoms with Gasteiger partial charge < -0.3 is 14.4 Å². The Labute approximate surface area is 327 Å². The Morgan fingerprint density at radius 1 is 1.04 bits per heavy atom. The first-order chi connectivity index (χ1) is 26.0. The number of aryl methyl sites for hydroxylation is 1. The van der Waals surface area contributed by atoms with Gasteiger partial charge in [0.05, 0.1) is 17.5 Å². The summed E-state index contributed by atoms with van der Waals surface area (Å²) in [6, 6.07) is 12.4. The summed E-state index contributed by atoms with van der Waals surface area (Å²) < 4.78 is 43.7. The topological polar surface area (TPSA) is 91.4 Å². The fourth-order valence-corrected chi connectivity index (χ4v) is 13.0. The second-order valence-electron chi connectivity index (χ2n) is 17.3. The van der Waals surface area contributed by atoms with Crippen molar-refractivity contribution in [2.75, 3.05) is 64.4 Å². The monoisotopic (exact) mass is 778 g/mol. The zero-order chi connectivity index (χ0) is 37.7. The van der Waals surface area contributed by atoms with Crippen LogP contribution in [-0.4, -0.2) is 101 Å². The van der Waals surface area contributed by atoms with Gasteiger partial charge in [-0.2, -0.15) is 0 Å². The predicted molar refractivity (Wildman–Crippen MR) is 215 cm³/mol. The summed E-state index contributed by atoms with van der Waals surface area (Å²) >= 11 is 6.52. The number of nitrogens with zero attached hydrogens (tertiary/aromatic N) is 3. The molecule has 1 saturated carbocycles. The van der Waals surface area contributed by atoms with E-state index in [1.54, 1.807) is 6.07 Å². The highest BCUT2D eigenvalue weighted by atomic mass is 35.5. The van der Waals surface area contributed by atoms with E-state index in [-0.39, 0.29) is 17.3 Å². The number of rotatable bonds is 4. The number of anilines is 1. The molecule has 1 N–H and O–H groups in total. The van der Waals surface area contributed by atoms with Crippen LogP contribution < -0.4 is 14.4 Å². The zero-order valence-corrected chi connectivity index (χ0v) is 34.0. The van der Waals surface area contributed by atoms with Gasteiger partial charge in [-0.1, -0.05) is 50.1 Å². The van der Waals surface area contributed by atoms with Gasteiger partial charge in [-0.15, -0.1) is 0 Å². The van der Waals surface area contributed by atoms with Gasteiger partial charge in [-0.05, 0) is 124 Å². The maximum absolute atomic E-state index is 13.9. The maximum Gasteiger partial charge on any atom is 0.264 e. The Balaban J connectivity index is 1.19. The van der Waals surface area contributed by atoms with Crippen LogP contribution in [0.4, 0.5) is 5.69 Å². The minimum Gasteiger partial charge on any atom is -0.490 e. The van der Waals surface area contributed by atoms with Gasteiger partial charge in [0.25, 0.3) is 5.91 Å². The van der Waals surface area contributed by atoms with E-state index < -0.39 is 26.8 Å². The number of nitrogens with one attached hydrogen (secondary N) is 1. The van der Waals surface area contributed by atoms with Crippen molar-refractivity contribution in [3.05, 3.63) is 70.3 Å². The van der Waals surface area contributed by atoms with E-state index in [0.717, 1.165) is 87.8 Å². The number of ether oxygens (including phenoxy) is 2. The number of hydrogen-bond donors (Lipinski definition) is 1. The van der Waals surface area contributed by atoms with Crippen LogP contribution in [0.3, 0.4) is 0 Å². The molecule has 2 aromatic rings. The molecule has 54 heavy (non-hydrogen) atoms. The number of amides is 1. The molecule has 0 aromatic heterocycles. The molecular formula is C43H59ClN4O5S. The molecule has 2 aromatic carbocycles. The lowest BCUT2D eigenvalue weighted by Gasteiger charge is -2.53. The molecule has 0 radical (unpaired) electrons. The SMILES string of the molecule is CC[C@H]1[C@@H](C)C/C=C/[C@](CN2CCN3CCCC[C@@H]3C2)(OC)[C@@H]2CC[C@H]2CN2C[C@@]3(CCCc4cc(Cl)ccc43)COc3ccc(cc32)C(=O)NS1(=O)=O. The lowest BCUT2D eigenvalue weighted by molar-refractivity contribution is -0.100. The lowest BCUT2D eigenvalue weighted by Crippen LogP contribution is -2.61. The number of allylic oxidation sites excluding steroid dienone is 1. The largest absolute Gasteiger partial charge is 0.490 e. The van der Waals surface area contributed by atoms with E-state index >= 15 is 0 Å². The summed E-state index contributed by atoms with van der Waals surface area (Å²) in [5, 5.41) is 0.0392. The summed E-state index contributed by atoms with van der Waals surface area (Å²) in [6.07, 6.45) is 14.5. The number of fused-ring (bicyclic) bond motifs is 5. The minimum atomic E-state index is -3.96. The molecule has 294 valence electrons. The molecule has 2 saturated heterocycles. The molecule has 4 heterocycles. The average molecular weight is 779 g/mol. The number of piperidine rings is 1. The lowest BCUT2D eigenvalue weighted by atomic mass is 9.63. The molecule has 7 atom stereocenters. The van der Waals surface area contributed by atoms with Crippen molar-refractivity contribution in [1.82, 2.24) is 14.5 Å². The van der Waals surface area contributed by atoms with Crippen molar-refractivity contribution in [3.8, 4) is 5.75 Å². The molecule has 6 aliphatic rings. The Morgan fingerprint density at radius 2 is 1.91 bits per heavy atom. The zero-order valence-electron chi connectivity index (χ0n) is 32.4. The van der Waals surface area contributed by atoms with E-state index in [2.05, 4.69) is 43.7 Å². The van der Waals surface area contributed by atoms with Crippen LogP contribution in [0.1, 0.15) is 93.1 Å². The third-order valence-electron chi connectivity index (χ3n) is 14.2. The molecular weight excluding hydrogens is 720 g/mol. The molecule has 2 bridgehead atoms. The summed E-state index contributed by atoms with van der Waals surface area (Å²) in [4.78, 5) is 21.6. The second kappa shape index (κ2) is 15.4. The number of piperazine rings is 1. The van der Waals surface area contributed by atoms with Crippen LogP contribution in [0.15, 0.2) is 48.6 Å². The molecule has 8 rings (SSSR count). The van der Waals surface area contributed by atoms with E-state index in [4.69, 9.17) is 21.1 Å². The van der Waals surface area contributed by atoms with Crippen LogP contribution in [0.2, 0.25) is 5.02 Å². The molecule has 3 fully saturated rings. The van der Waals surface area contributed by atoms with Crippen molar-refractivity contribution < 1.29 is 22.7 Å². The van der Waals surface area contributed by atoms with Crippen molar-refractivity contribution in [1.29, 1.82) is 0 Å². The first-order valence-corrected chi connectivity index (χ1v) is 22.5. The molecule has 4 aliphatic heterocycles. The van der Waals surface area contributed by atoms with Crippen LogP contribution >= 0.6 is 11.6 Å². The highest BCUT2D eigenvalue weighted by Gasteiger charge is 2.50. The summed E-state index contributed by atoms with van der Waals surface area (Å²) in [5.41, 5.74) is 2.98. The van der Waals surface area contributed by atoms with Crippen molar-refractivity contribution >= 4 is 33.2 Å². The summed E-state index contributed by atoms with van der Waals surface area (Å²) in [7, 11) is -2.08. The first kappa shape index (κ1) is 38.3. The van der Waals surface area contributed by atoms with Crippen LogP contribution in [-0.2, 0) is 26.6 Å². The van der Waals surface area contributed by atoms with E-state index in [1.165, 1.54) is 36.9 Å². The van der Waals surface area contributed by atoms with Gasteiger partial charge in [-0.3, -0.25) is 14.6 Å². The van der Waals surface area contributed by atoms with E-state index in [0.29, 0.717) is 37.0 Å². The first-order valence-electron chi connectivity index (χ1n) is 20.6. The Hall–Kier alpha value is -2.63. The van der Waals surface area contributed by atoms with Gasteiger partial charge >= 0.3 is 0 Å². The molecule has 1 amide bonds. The third-order valence-corrected chi connectivity index (χ3v) is 16.5. The van der Waals surface area contributed by atoms with E-state index in [1.807, 2.05) is 39.2 Å². The standard InChI is InChI=1S/C43H59ClN4O5S/c1-4-40-30(2)9-7-19-43(52-3,28-46-21-22-47-20-6-5-11-35(47)26-46)37-15-12-33(37)25-48-27-42(18-8-10-31-23-34(44)14-16-36(31)42)29-53-39-17-13-32(24-38(39)48)41(49)45-54(40,50)51/h7,13-14,16-17,19,23-24,30,33,35,37,40H,4-6,8-12,15,18,20-22,25-29H2,1-3H3,(H,45,49)/b19-7+/t30-,33-,35+,37+,40-,42-,43+/m0/s1. The van der Waals surface area contributed by atoms with Crippen LogP contribution in [0, 0.1) is 17.8 Å². The fraction of sp³-hybridized carbons (Fsp3) is 0.651. The molecule has 0 unspecified atom stereocenters. The van der Waals surface area contributed by atoms with Gasteiger partial charge in [0, 0.05) is 68.4 Å². The summed E-state index contributed by atoms with van der Waals surface area (Å²) in [6.45, 7) is 11.1. The molecule has 2 aliphatic carbocycles. The van der Waals surface area contributed by atoms with Gasteiger partial charge in [-0.25, -0.2) is 13.1 Å². The number of methoxy groups -OCH3 is 1. The van der Waals surface area contributed by atoms with Crippen molar-refractivity contribution in [2.45, 2.75) is 100 Å². The average Bonchev–Trinajstić information content (AvgIpc) is 3.29. The second-order valence-corrected chi connectivity index (χ2v) is 19.7. The minimum absolute atomic E-state index is 0.192. The quantitative estimate of drug-likeness (QED) is 0.338. The number of hydrogen-bond acceptors (Lipinski definition) is 8. The number of halogens is 1. The molecule has 1 spiro atoms. The maximum atomic E-state index is 13.9. The number of carbonyl (C=O) groups is 1.